The molecule has 426 valence electrons. The van der Waals surface area contributed by atoms with Crippen molar-refractivity contribution in [3.63, 3.8) is 0 Å². The van der Waals surface area contributed by atoms with E-state index in [2.05, 4.69) is 40.1 Å². The number of nitrogens with one attached hydrogen (secondary N) is 1. The quantitative estimate of drug-likeness (QED) is 0.0518. The van der Waals surface area contributed by atoms with E-state index in [1.165, 1.54) is 30.3 Å². The van der Waals surface area contributed by atoms with Crippen LogP contribution in [0.1, 0.15) is 81.4 Å². The van der Waals surface area contributed by atoms with Crippen molar-refractivity contribution in [1.82, 2.24) is 15.1 Å². The summed E-state index contributed by atoms with van der Waals surface area (Å²) in [6.07, 6.45) is 1.95. The Bertz CT molecular complexity index is 3330. The lowest BCUT2D eigenvalue weighted by atomic mass is 9.93. The molecule has 16 heteroatoms. The van der Waals surface area contributed by atoms with Gasteiger partial charge in [-0.2, -0.15) is 0 Å². The van der Waals surface area contributed by atoms with Crippen molar-refractivity contribution in [3.05, 3.63) is 207 Å². The molecule has 0 bridgehead atoms. The number of benzene rings is 7. The number of alkyl halides is 3. The third-order valence-corrected chi connectivity index (χ3v) is 15.2. The highest BCUT2D eigenvalue weighted by Crippen LogP contribution is 2.38. The first-order valence-electron chi connectivity index (χ1n) is 27.3. The van der Waals surface area contributed by atoms with Gasteiger partial charge in [0.05, 0.1) is 25.3 Å². The Morgan fingerprint density at radius 2 is 1.32 bits per heavy atom. The Morgan fingerprint density at radius 3 is 2.01 bits per heavy atom. The average Bonchev–Trinajstić information content (AvgIpc) is 3.57. The molecule has 12 nitrogen and oxygen atoms in total. The predicted molar refractivity (Wildman–Crippen MR) is 309 cm³/mol. The fourth-order valence-electron chi connectivity index (χ4n) is 10.2. The van der Waals surface area contributed by atoms with Crippen LogP contribution in [-0.4, -0.2) is 73.7 Å². The van der Waals surface area contributed by atoms with Crippen LogP contribution in [0.15, 0.2) is 158 Å². The van der Waals surface area contributed by atoms with E-state index in [9.17, 15) is 27.6 Å². The Labute approximate surface area is 481 Å². The van der Waals surface area contributed by atoms with Crippen molar-refractivity contribution >= 4 is 35.3 Å². The first kappa shape index (κ1) is 58.4. The predicted octanol–water partition coefficient (Wildman–Crippen LogP) is 13.8. The van der Waals surface area contributed by atoms with Crippen molar-refractivity contribution in [1.29, 1.82) is 0 Å². The highest BCUT2D eigenvalue weighted by Gasteiger charge is 2.36. The summed E-state index contributed by atoms with van der Waals surface area (Å²) in [6, 6.07) is 45.1. The molecule has 2 amide bonds. The Kier molecular flexibility index (Phi) is 19.6. The lowest BCUT2D eigenvalue weighted by Gasteiger charge is -2.40. The summed E-state index contributed by atoms with van der Waals surface area (Å²) in [5.74, 6) is 1.88. The highest BCUT2D eigenvalue weighted by molar-refractivity contribution is 6.32. The number of nitrogens with zero attached hydrogens (tertiary/aromatic N) is 2. The molecule has 2 aliphatic heterocycles. The molecular weight excluding hydrogens is 1070 g/mol. The third kappa shape index (κ3) is 15.6. The lowest BCUT2D eigenvalue weighted by molar-refractivity contribution is -0.274. The average molecular weight is 1140 g/mol. The molecule has 2 saturated heterocycles. The Balaban J connectivity index is 0.780. The molecule has 9 rings (SSSR count). The number of allylic oxidation sites excluding steroid dienone is 1. The minimum atomic E-state index is -4.82. The van der Waals surface area contributed by atoms with Crippen LogP contribution in [0.2, 0.25) is 5.02 Å². The first-order chi connectivity index (χ1) is 39.7. The maximum atomic E-state index is 14.4. The number of ether oxygens (including phenoxy) is 6. The zero-order valence-corrected chi connectivity index (χ0v) is 46.8. The SMILES string of the molecule is COc1ccc(C(=O)/C=C/c2ccc(OCc3ccc(CNC(=O)C4CCN(C(=O)C5CCCCN5Cc5cc(Cl)c(OCc6cccc(-c7ccccc7)c6C)cc5OCc5ccc(OC(F)(F)F)cc5)CC4)cc3)c(OC)c2)cc1. The van der Waals surface area contributed by atoms with Gasteiger partial charge in [0.1, 0.15) is 42.8 Å². The zero-order chi connectivity index (χ0) is 57.6. The topological polar surface area (TPSA) is 125 Å². The van der Waals surface area contributed by atoms with Gasteiger partial charge in [-0.25, -0.2) is 0 Å². The molecule has 7 aromatic carbocycles. The molecule has 2 heterocycles. The maximum absolute atomic E-state index is 14.4. The number of piperidine rings is 2. The van der Waals surface area contributed by atoms with Crippen LogP contribution in [0.25, 0.3) is 17.2 Å². The van der Waals surface area contributed by atoms with Gasteiger partial charge in [0.15, 0.2) is 17.3 Å². The summed E-state index contributed by atoms with van der Waals surface area (Å²) < 4.78 is 72.5. The van der Waals surface area contributed by atoms with Crippen LogP contribution < -0.4 is 33.7 Å². The third-order valence-electron chi connectivity index (χ3n) is 14.9. The summed E-state index contributed by atoms with van der Waals surface area (Å²) in [5, 5.41) is 3.47. The van der Waals surface area contributed by atoms with E-state index >= 15 is 0 Å². The lowest BCUT2D eigenvalue weighted by Crippen LogP contribution is -2.53. The first-order valence-corrected chi connectivity index (χ1v) is 27.7. The van der Waals surface area contributed by atoms with E-state index < -0.39 is 12.4 Å². The van der Waals surface area contributed by atoms with E-state index in [1.54, 1.807) is 62.8 Å². The molecule has 2 aliphatic rings. The second-order valence-electron chi connectivity index (χ2n) is 20.4. The van der Waals surface area contributed by atoms with Gasteiger partial charge >= 0.3 is 6.36 Å². The fourth-order valence-corrected chi connectivity index (χ4v) is 10.5. The van der Waals surface area contributed by atoms with Crippen LogP contribution in [0.5, 0.6) is 34.5 Å². The monoisotopic (exact) mass is 1140 g/mol. The number of amides is 2. The van der Waals surface area contributed by atoms with Crippen molar-refractivity contribution in [2.75, 3.05) is 33.9 Å². The summed E-state index contributed by atoms with van der Waals surface area (Å²) in [4.78, 5) is 44.7. The summed E-state index contributed by atoms with van der Waals surface area (Å²) in [6.45, 7) is 4.87. The van der Waals surface area contributed by atoms with Crippen LogP contribution in [-0.2, 0) is 42.5 Å². The number of hydrogen-bond donors (Lipinski definition) is 1. The largest absolute Gasteiger partial charge is 0.573 e. The van der Waals surface area contributed by atoms with Crippen molar-refractivity contribution < 1.29 is 56.0 Å². The van der Waals surface area contributed by atoms with Gasteiger partial charge in [-0.1, -0.05) is 115 Å². The van der Waals surface area contributed by atoms with Gasteiger partial charge < -0.3 is 38.6 Å². The fraction of sp³-hybridized carbons (Fsp3) is 0.288. The minimum absolute atomic E-state index is 0.0207. The number of ketones is 1. The van der Waals surface area contributed by atoms with Gasteiger partial charge in [0, 0.05) is 49.3 Å². The molecule has 0 radical (unpaired) electrons. The molecule has 82 heavy (non-hydrogen) atoms. The van der Waals surface area contributed by atoms with Gasteiger partial charge in [-0.15, -0.1) is 13.2 Å². The van der Waals surface area contributed by atoms with Gasteiger partial charge in [0.2, 0.25) is 11.8 Å². The molecule has 0 aliphatic carbocycles. The smallest absolute Gasteiger partial charge is 0.497 e. The molecular formula is C66H65ClF3N3O9. The molecule has 2 fully saturated rings. The van der Waals surface area contributed by atoms with Crippen molar-refractivity contribution in [2.24, 2.45) is 5.92 Å². The van der Waals surface area contributed by atoms with E-state index in [0.29, 0.717) is 96.9 Å². The van der Waals surface area contributed by atoms with E-state index in [1.807, 2.05) is 71.6 Å². The molecule has 1 N–H and O–H groups in total. The summed E-state index contributed by atoms with van der Waals surface area (Å²) in [5.41, 5.74) is 8.77. The van der Waals surface area contributed by atoms with Crippen LogP contribution >= 0.6 is 11.6 Å². The molecule has 0 saturated carbocycles. The molecule has 1 atom stereocenters. The molecule has 0 spiro atoms. The van der Waals surface area contributed by atoms with Gasteiger partial charge in [-0.05, 0) is 144 Å². The van der Waals surface area contributed by atoms with E-state index in [4.69, 9.17) is 35.3 Å². The Morgan fingerprint density at radius 1 is 0.646 bits per heavy atom. The van der Waals surface area contributed by atoms with Crippen LogP contribution in [0, 0.1) is 12.8 Å². The summed E-state index contributed by atoms with van der Waals surface area (Å²) in [7, 11) is 3.14. The second-order valence-corrected chi connectivity index (χ2v) is 20.8. The maximum Gasteiger partial charge on any atom is 0.573 e. The van der Waals surface area contributed by atoms with Crippen molar-refractivity contribution in [2.45, 2.75) is 84.3 Å². The standard InChI is InChI=1S/C66H65ClF3N3O9/c1-44-52(12-9-13-56(44)49-10-5-4-6-11-49)43-81-62-38-61(80-42-48-19-25-55(26-20-48)82-66(68,69)70)53(37-57(62)67)40-73-33-8-7-14-58(73)65(76)72-34-31-51(32-35-72)64(75)71-39-46-15-17-47(18-16-46)41-79-60-30-22-45(36-63(60)78-3)21-29-59(74)50-23-27-54(77-2)28-24-50/h4-6,9-13,15-30,36-38,51,58H,7-8,14,31-35,39-43H2,1-3H3,(H,71,75)/b29-21+. The second kappa shape index (κ2) is 27.5. The number of carbonyl (C=O) groups excluding carboxylic acids is 3. The number of likely N-dealkylation sites (tertiary alicyclic amines) is 2. The Hall–Kier alpha value is -8.27. The van der Waals surface area contributed by atoms with Crippen molar-refractivity contribution in [3.8, 4) is 45.6 Å². The molecule has 7 aromatic rings. The van der Waals surface area contributed by atoms with Crippen LogP contribution in [0.4, 0.5) is 13.2 Å². The van der Waals surface area contributed by atoms with Gasteiger partial charge in [-0.3, -0.25) is 19.3 Å². The summed E-state index contributed by atoms with van der Waals surface area (Å²) >= 11 is 7.00. The number of halogens is 4. The zero-order valence-electron chi connectivity index (χ0n) is 46.0. The van der Waals surface area contributed by atoms with E-state index in [-0.39, 0.29) is 49.1 Å². The molecule has 1 unspecified atom stereocenters. The highest BCUT2D eigenvalue weighted by atomic mass is 35.5. The van der Waals surface area contributed by atoms with Gasteiger partial charge in [0.25, 0.3) is 0 Å². The van der Waals surface area contributed by atoms with Crippen LogP contribution in [0.3, 0.4) is 0 Å². The molecule has 0 aromatic heterocycles. The number of methoxy groups -OCH3 is 2. The number of carbonyl (C=O) groups is 3. The minimum Gasteiger partial charge on any atom is -0.497 e. The van der Waals surface area contributed by atoms with E-state index in [0.717, 1.165) is 57.3 Å². The normalized spacial score (nSPS) is 15.0. The number of hydrogen-bond acceptors (Lipinski definition) is 10. The number of rotatable bonds is 22.